The standard InChI is InChI=1S/2C27H45NO3/c2*1-2-3-4-5-6-7-8-9-10-11-12-13-14-15-16-17-27(31)28-25(23-29)22-24-18-20-26(30)21-19-24/h2*9-10,18-21,25,29-30H,2-8,11-17,22-23H2,1H3,(H,28,31)/b2*10-9-/t2*25-/m11/s1. The molecule has 8 nitrogen and oxygen atoms in total. The van der Waals surface area contributed by atoms with Crippen molar-refractivity contribution in [2.75, 3.05) is 13.2 Å². The quantitative estimate of drug-likeness (QED) is 0.0294. The van der Waals surface area contributed by atoms with E-state index in [2.05, 4.69) is 48.8 Å². The average molecular weight is 863 g/mol. The van der Waals surface area contributed by atoms with Crippen molar-refractivity contribution in [2.24, 2.45) is 0 Å². The van der Waals surface area contributed by atoms with Gasteiger partial charge in [-0.2, -0.15) is 0 Å². The third-order valence-corrected chi connectivity index (χ3v) is 11.3. The molecule has 0 radical (unpaired) electrons. The second-order valence-electron chi connectivity index (χ2n) is 17.3. The van der Waals surface area contributed by atoms with E-state index in [4.69, 9.17) is 0 Å². The van der Waals surface area contributed by atoms with E-state index in [1.54, 1.807) is 24.3 Å². The summed E-state index contributed by atoms with van der Waals surface area (Å²) in [5, 5.41) is 43.6. The van der Waals surface area contributed by atoms with Crippen LogP contribution >= 0.6 is 0 Å². The zero-order valence-electron chi connectivity index (χ0n) is 39.3. The number of carbonyl (C=O) groups excluding carboxylic acids is 2. The van der Waals surface area contributed by atoms with Gasteiger partial charge in [0.1, 0.15) is 11.5 Å². The highest BCUT2D eigenvalue weighted by atomic mass is 16.3. The van der Waals surface area contributed by atoms with Crippen molar-refractivity contribution in [1.82, 2.24) is 10.6 Å². The van der Waals surface area contributed by atoms with Crippen LogP contribution in [0.2, 0.25) is 0 Å². The fourth-order valence-corrected chi connectivity index (χ4v) is 7.47. The van der Waals surface area contributed by atoms with E-state index in [-0.39, 0.29) is 48.6 Å². The molecule has 0 saturated carbocycles. The summed E-state index contributed by atoms with van der Waals surface area (Å²) in [5.74, 6) is 0.459. The minimum atomic E-state index is -0.278. The van der Waals surface area contributed by atoms with Gasteiger partial charge in [-0.25, -0.2) is 0 Å². The van der Waals surface area contributed by atoms with Crippen molar-refractivity contribution < 1.29 is 30.0 Å². The SMILES string of the molecule is CCCCCCCC/C=C\CCCCCCCC(=O)N[C@@H](CO)Cc1ccc(O)cc1.CCCCCCCC/C=C\CCCCCCCC(=O)N[C@@H](CO)Cc1ccc(O)cc1. The van der Waals surface area contributed by atoms with Gasteiger partial charge in [0, 0.05) is 12.8 Å². The Hall–Kier alpha value is -3.62. The third-order valence-electron chi connectivity index (χ3n) is 11.3. The molecule has 0 aliphatic rings. The Kier molecular flexibility index (Phi) is 37.7. The van der Waals surface area contributed by atoms with Crippen LogP contribution in [0.3, 0.4) is 0 Å². The zero-order valence-corrected chi connectivity index (χ0v) is 39.3. The van der Waals surface area contributed by atoms with Crippen molar-refractivity contribution >= 4 is 11.8 Å². The van der Waals surface area contributed by atoms with Crippen LogP contribution in [0, 0.1) is 0 Å². The number of hydrogen-bond acceptors (Lipinski definition) is 6. The summed E-state index contributed by atoms with van der Waals surface area (Å²) in [6.45, 7) is 4.35. The Balaban J connectivity index is 0.000000620. The van der Waals surface area contributed by atoms with Gasteiger partial charge in [-0.3, -0.25) is 9.59 Å². The maximum atomic E-state index is 12.1. The topological polar surface area (TPSA) is 139 Å². The molecule has 2 aromatic rings. The summed E-state index contributed by atoms with van der Waals surface area (Å²) >= 11 is 0. The molecule has 0 aliphatic heterocycles. The molecule has 0 aliphatic carbocycles. The van der Waals surface area contributed by atoms with Gasteiger partial charge in [0.25, 0.3) is 0 Å². The van der Waals surface area contributed by atoms with Gasteiger partial charge >= 0.3 is 0 Å². The molecule has 0 aromatic heterocycles. The normalized spacial score (nSPS) is 12.3. The number of aliphatic hydroxyl groups excluding tert-OH is 2. The summed E-state index contributed by atoms with van der Waals surface area (Å²) in [4.78, 5) is 24.2. The van der Waals surface area contributed by atoms with E-state index in [1.807, 2.05) is 24.3 Å². The van der Waals surface area contributed by atoms with Crippen LogP contribution in [0.25, 0.3) is 0 Å². The third kappa shape index (κ3) is 34.9. The first-order valence-electron chi connectivity index (χ1n) is 25.0. The molecule has 352 valence electrons. The molecule has 0 bridgehead atoms. The summed E-state index contributed by atoms with van der Waals surface area (Å²) < 4.78 is 0. The van der Waals surface area contributed by atoms with Crippen LogP contribution in [0.15, 0.2) is 72.8 Å². The number of aliphatic hydroxyl groups is 2. The number of amides is 2. The molecule has 62 heavy (non-hydrogen) atoms. The van der Waals surface area contributed by atoms with E-state index in [0.717, 1.165) is 36.8 Å². The lowest BCUT2D eigenvalue weighted by Crippen LogP contribution is -2.38. The highest BCUT2D eigenvalue weighted by molar-refractivity contribution is 5.76. The summed E-state index contributed by atoms with van der Waals surface area (Å²) in [7, 11) is 0. The molecule has 2 atom stereocenters. The Morgan fingerprint density at radius 3 is 1.00 bits per heavy atom. The van der Waals surface area contributed by atoms with Gasteiger partial charge in [0.2, 0.25) is 11.8 Å². The van der Waals surface area contributed by atoms with Gasteiger partial charge in [0.15, 0.2) is 0 Å². The zero-order chi connectivity index (χ0) is 45.1. The van der Waals surface area contributed by atoms with Crippen LogP contribution in [0.1, 0.15) is 205 Å². The first-order valence-corrected chi connectivity index (χ1v) is 25.0. The molecule has 6 N–H and O–H groups in total. The fourth-order valence-electron chi connectivity index (χ4n) is 7.47. The number of unbranched alkanes of at least 4 members (excludes halogenated alkanes) is 22. The van der Waals surface area contributed by atoms with Crippen LogP contribution in [0.5, 0.6) is 11.5 Å². The molecule has 8 heteroatoms. The molecule has 2 rings (SSSR count). The van der Waals surface area contributed by atoms with Crippen LogP contribution in [-0.4, -0.2) is 57.5 Å². The van der Waals surface area contributed by atoms with Crippen molar-refractivity contribution in [2.45, 2.75) is 219 Å². The number of hydrogen-bond donors (Lipinski definition) is 6. The van der Waals surface area contributed by atoms with Gasteiger partial charge in [-0.15, -0.1) is 0 Å². The van der Waals surface area contributed by atoms with E-state index in [9.17, 15) is 30.0 Å². The maximum Gasteiger partial charge on any atom is 0.220 e. The number of phenolic OH excluding ortho intramolecular Hbond substituents is 2. The van der Waals surface area contributed by atoms with Crippen LogP contribution in [-0.2, 0) is 22.4 Å². The maximum absolute atomic E-state index is 12.1. The minimum Gasteiger partial charge on any atom is -0.508 e. The predicted molar refractivity (Wildman–Crippen MR) is 261 cm³/mol. The first kappa shape index (κ1) is 56.4. The molecule has 0 fully saturated rings. The molecule has 2 amide bonds. The predicted octanol–water partition coefficient (Wildman–Crippen LogP) is 12.9. The largest absolute Gasteiger partial charge is 0.508 e. The van der Waals surface area contributed by atoms with E-state index >= 15 is 0 Å². The van der Waals surface area contributed by atoms with Crippen molar-refractivity contribution in [3.8, 4) is 11.5 Å². The molecule has 0 unspecified atom stereocenters. The van der Waals surface area contributed by atoms with Crippen LogP contribution in [0.4, 0.5) is 0 Å². The monoisotopic (exact) mass is 863 g/mol. The second-order valence-corrected chi connectivity index (χ2v) is 17.3. The van der Waals surface area contributed by atoms with Crippen LogP contribution < -0.4 is 10.6 Å². The van der Waals surface area contributed by atoms with E-state index in [1.165, 1.54) is 141 Å². The van der Waals surface area contributed by atoms with Gasteiger partial charge in [-0.1, -0.05) is 165 Å². The van der Waals surface area contributed by atoms with Gasteiger partial charge in [0.05, 0.1) is 25.3 Å². The highest BCUT2D eigenvalue weighted by Gasteiger charge is 2.13. The Morgan fingerprint density at radius 2 is 0.710 bits per heavy atom. The number of carbonyl (C=O) groups is 2. The molecular weight excluding hydrogens is 773 g/mol. The summed E-state index contributed by atoms with van der Waals surface area (Å²) in [6.07, 6.45) is 43.9. The number of rotatable bonds is 38. The first-order chi connectivity index (χ1) is 30.3. The summed E-state index contributed by atoms with van der Waals surface area (Å²) in [6, 6.07) is 13.2. The number of nitrogens with one attached hydrogen (secondary N) is 2. The molecule has 0 saturated heterocycles. The lowest BCUT2D eigenvalue weighted by Gasteiger charge is -2.16. The van der Waals surface area contributed by atoms with Crippen molar-refractivity contribution in [3.63, 3.8) is 0 Å². The number of allylic oxidation sites excluding steroid dienone is 4. The fraction of sp³-hybridized carbons (Fsp3) is 0.667. The Labute approximate surface area is 378 Å². The average Bonchev–Trinajstić information content (AvgIpc) is 3.27. The molecule has 0 spiro atoms. The smallest absolute Gasteiger partial charge is 0.220 e. The lowest BCUT2D eigenvalue weighted by molar-refractivity contribution is -0.123. The van der Waals surface area contributed by atoms with Gasteiger partial charge < -0.3 is 31.1 Å². The minimum absolute atomic E-state index is 0.00968. The second kappa shape index (κ2) is 41.4. The lowest BCUT2D eigenvalue weighted by atomic mass is 10.1. The molecular formula is C54H90N2O6. The van der Waals surface area contributed by atoms with Gasteiger partial charge in [-0.05, 0) is 112 Å². The van der Waals surface area contributed by atoms with E-state index < -0.39 is 0 Å². The molecule has 2 aromatic carbocycles. The van der Waals surface area contributed by atoms with E-state index in [0.29, 0.717) is 25.7 Å². The van der Waals surface area contributed by atoms with Crippen molar-refractivity contribution in [3.05, 3.63) is 84.0 Å². The highest BCUT2D eigenvalue weighted by Crippen LogP contribution is 2.15. The molecule has 0 heterocycles. The van der Waals surface area contributed by atoms with Crippen molar-refractivity contribution in [1.29, 1.82) is 0 Å². The summed E-state index contributed by atoms with van der Waals surface area (Å²) in [5.41, 5.74) is 1.97. The number of benzene rings is 2. The number of phenols is 2. The number of aromatic hydroxyl groups is 2. The Morgan fingerprint density at radius 1 is 0.435 bits per heavy atom. The Bertz CT molecular complexity index is 1270.